The van der Waals surface area contributed by atoms with E-state index in [2.05, 4.69) is 44.4 Å². The number of benzene rings is 1. The first-order valence-electron chi connectivity index (χ1n) is 9.65. The molecule has 6 heteroatoms. The molecule has 0 radical (unpaired) electrons. The van der Waals surface area contributed by atoms with Crippen molar-refractivity contribution in [2.24, 2.45) is 0 Å². The predicted octanol–water partition coefficient (Wildman–Crippen LogP) is 3.71. The third-order valence-corrected chi connectivity index (χ3v) is 6.62. The van der Waals surface area contributed by atoms with Crippen LogP contribution in [0.3, 0.4) is 0 Å². The molecule has 4 rings (SSSR count). The molecule has 28 heavy (non-hydrogen) atoms. The number of carbonyl (C=O) groups excluding carboxylic acids is 1. The third-order valence-electron chi connectivity index (χ3n) is 5.43. The molecule has 1 saturated heterocycles. The Kier molecular flexibility index (Phi) is 5.33. The quantitative estimate of drug-likeness (QED) is 0.717. The number of hydrogen-bond donors (Lipinski definition) is 1. The Bertz CT molecular complexity index is 997. The maximum Gasteiger partial charge on any atom is 0.261 e. The van der Waals surface area contributed by atoms with Crippen molar-refractivity contribution in [1.82, 2.24) is 15.2 Å². The van der Waals surface area contributed by atoms with Crippen LogP contribution < -0.4 is 10.2 Å². The van der Waals surface area contributed by atoms with E-state index in [-0.39, 0.29) is 5.91 Å². The molecule has 1 aliphatic rings. The number of thiophene rings is 1. The minimum atomic E-state index is 0.0248. The average molecular weight is 395 g/mol. The van der Waals surface area contributed by atoms with E-state index in [1.54, 1.807) is 18.4 Å². The van der Waals surface area contributed by atoms with Gasteiger partial charge in [0.2, 0.25) is 0 Å². The number of pyridine rings is 1. The molecule has 1 fully saturated rings. The summed E-state index contributed by atoms with van der Waals surface area (Å²) in [5, 5.41) is 4.05. The van der Waals surface area contributed by atoms with E-state index >= 15 is 0 Å². The zero-order valence-electron chi connectivity index (χ0n) is 16.6. The van der Waals surface area contributed by atoms with Crippen molar-refractivity contribution in [3.63, 3.8) is 0 Å². The van der Waals surface area contributed by atoms with Crippen molar-refractivity contribution < 1.29 is 4.79 Å². The van der Waals surface area contributed by atoms with Crippen LogP contribution in [-0.4, -0.2) is 50.0 Å². The van der Waals surface area contributed by atoms with Gasteiger partial charge in [-0.15, -0.1) is 11.3 Å². The highest BCUT2D eigenvalue weighted by Gasteiger charge is 2.30. The molecular formula is C22H26N4OS. The lowest BCUT2D eigenvalue weighted by atomic mass is 9.95. The summed E-state index contributed by atoms with van der Waals surface area (Å²) >= 11 is 1.61. The van der Waals surface area contributed by atoms with Gasteiger partial charge < -0.3 is 10.2 Å². The van der Waals surface area contributed by atoms with Crippen LogP contribution in [0, 0.1) is 0 Å². The van der Waals surface area contributed by atoms with E-state index in [4.69, 9.17) is 0 Å². The van der Waals surface area contributed by atoms with Gasteiger partial charge in [-0.25, -0.2) is 4.98 Å². The Hall–Kier alpha value is -2.44. The van der Waals surface area contributed by atoms with E-state index in [9.17, 15) is 4.79 Å². The van der Waals surface area contributed by atoms with Crippen molar-refractivity contribution in [1.29, 1.82) is 0 Å². The standard InChI is InChI=1S/C22H26N4OS/c1-23-22(27)20-19(17-8-4-5-9-18(17)28-20)15-10-12-26(13-15)14-16-7-6-11-24-21(16)25(2)3/h4-9,11,15H,10,12-14H2,1-3H3,(H,23,27). The summed E-state index contributed by atoms with van der Waals surface area (Å²) in [6, 6.07) is 12.5. The van der Waals surface area contributed by atoms with Crippen LogP contribution >= 0.6 is 11.3 Å². The molecule has 1 aliphatic heterocycles. The van der Waals surface area contributed by atoms with E-state index in [0.29, 0.717) is 5.92 Å². The van der Waals surface area contributed by atoms with Crippen molar-refractivity contribution in [2.75, 3.05) is 39.1 Å². The molecule has 1 unspecified atom stereocenters. The minimum Gasteiger partial charge on any atom is -0.362 e. The van der Waals surface area contributed by atoms with Crippen LogP contribution in [0.15, 0.2) is 42.6 Å². The molecule has 0 aliphatic carbocycles. The molecule has 3 aromatic rings. The largest absolute Gasteiger partial charge is 0.362 e. The van der Waals surface area contributed by atoms with Gasteiger partial charge >= 0.3 is 0 Å². The molecule has 0 bridgehead atoms. The zero-order valence-corrected chi connectivity index (χ0v) is 17.4. The highest BCUT2D eigenvalue weighted by Crippen LogP contribution is 2.40. The summed E-state index contributed by atoms with van der Waals surface area (Å²) in [5.41, 5.74) is 2.47. The van der Waals surface area contributed by atoms with Gasteiger partial charge in [0.25, 0.3) is 5.91 Å². The van der Waals surface area contributed by atoms with Gasteiger partial charge in [0.1, 0.15) is 5.82 Å². The van der Waals surface area contributed by atoms with Crippen LogP contribution in [0.1, 0.15) is 33.1 Å². The van der Waals surface area contributed by atoms with Crippen LogP contribution in [0.5, 0.6) is 0 Å². The molecule has 5 nitrogen and oxygen atoms in total. The van der Waals surface area contributed by atoms with Gasteiger partial charge in [-0.05, 0) is 36.0 Å². The average Bonchev–Trinajstić information content (AvgIpc) is 3.31. The number of likely N-dealkylation sites (tertiary alicyclic amines) is 1. The van der Waals surface area contributed by atoms with Gasteiger partial charge in [-0.3, -0.25) is 9.69 Å². The SMILES string of the molecule is CNC(=O)c1sc2ccccc2c1C1CCN(Cc2cccnc2N(C)C)C1. The molecule has 1 aromatic carbocycles. The van der Waals surface area contributed by atoms with Crippen molar-refractivity contribution in [2.45, 2.75) is 18.9 Å². The van der Waals surface area contributed by atoms with Crippen LogP contribution in [0.2, 0.25) is 0 Å². The first-order valence-corrected chi connectivity index (χ1v) is 10.5. The molecule has 3 heterocycles. The lowest BCUT2D eigenvalue weighted by Gasteiger charge is -2.21. The van der Waals surface area contributed by atoms with Crippen LogP contribution in [0.25, 0.3) is 10.1 Å². The van der Waals surface area contributed by atoms with Crippen LogP contribution in [0.4, 0.5) is 5.82 Å². The highest BCUT2D eigenvalue weighted by molar-refractivity contribution is 7.21. The van der Waals surface area contributed by atoms with Crippen molar-refractivity contribution >= 4 is 33.1 Å². The minimum absolute atomic E-state index is 0.0248. The number of anilines is 1. The van der Waals surface area contributed by atoms with Gasteiger partial charge in [0.15, 0.2) is 0 Å². The Balaban J connectivity index is 1.61. The molecule has 1 N–H and O–H groups in total. The Labute approximate surface area is 170 Å². The van der Waals surface area contributed by atoms with Gasteiger partial charge in [0, 0.05) is 56.6 Å². The lowest BCUT2D eigenvalue weighted by Crippen LogP contribution is -2.23. The number of carbonyl (C=O) groups is 1. The molecule has 1 atom stereocenters. The number of fused-ring (bicyclic) bond motifs is 1. The van der Waals surface area contributed by atoms with Gasteiger partial charge in [-0.1, -0.05) is 24.3 Å². The monoisotopic (exact) mass is 394 g/mol. The second-order valence-electron chi connectivity index (χ2n) is 7.52. The summed E-state index contributed by atoms with van der Waals surface area (Å²) in [4.78, 5) is 22.5. The zero-order chi connectivity index (χ0) is 19.7. The summed E-state index contributed by atoms with van der Waals surface area (Å²) in [5.74, 6) is 1.43. The Morgan fingerprint density at radius 3 is 2.89 bits per heavy atom. The molecule has 0 spiro atoms. The number of rotatable bonds is 5. The maximum absolute atomic E-state index is 12.5. The molecule has 146 valence electrons. The second kappa shape index (κ2) is 7.89. The lowest BCUT2D eigenvalue weighted by molar-refractivity contribution is 0.0966. The Morgan fingerprint density at radius 1 is 1.29 bits per heavy atom. The molecular weight excluding hydrogens is 368 g/mol. The van der Waals surface area contributed by atoms with Crippen molar-refractivity contribution in [3.8, 4) is 0 Å². The first-order chi connectivity index (χ1) is 13.6. The van der Waals surface area contributed by atoms with E-state index in [1.165, 1.54) is 21.2 Å². The Morgan fingerprint density at radius 2 is 2.11 bits per heavy atom. The number of hydrogen-bond acceptors (Lipinski definition) is 5. The maximum atomic E-state index is 12.5. The summed E-state index contributed by atoms with van der Waals surface area (Å²) in [6.45, 7) is 2.88. The summed E-state index contributed by atoms with van der Waals surface area (Å²) < 4.78 is 1.19. The van der Waals surface area contributed by atoms with Gasteiger partial charge in [-0.2, -0.15) is 0 Å². The predicted molar refractivity (Wildman–Crippen MR) is 116 cm³/mol. The summed E-state index contributed by atoms with van der Waals surface area (Å²) in [6.07, 6.45) is 2.92. The van der Waals surface area contributed by atoms with Crippen LogP contribution in [-0.2, 0) is 6.54 Å². The number of nitrogens with one attached hydrogen (secondary N) is 1. The fourth-order valence-corrected chi connectivity index (χ4v) is 5.40. The first kappa shape index (κ1) is 18.9. The normalized spacial score (nSPS) is 17.2. The molecule has 0 saturated carbocycles. The fraction of sp³-hybridized carbons (Fsp3) is 0.364. The van der Waals surface area contributed by atoms with E-state index in [0.717, 1.165) is 36.8 Å². The smallest absolute Gasteiger partial charge is 0.261 e. The molecule has 1 amide bonds. The summed E-state index contributed by atoms with van der Waals surface area (Å²) in [7, 11) is 5.78. The number of aromatic nitrogens is 1. The topological polar surface area (TPSA) is 48.5 Å². The number of nitrogens with zero attached hydrogens (tertiary/aromatic N) is 3. The second-order valence-corrected chi connectivity index (χ2v) is 8.57. The fourth-order valence-electron chi connectivity index (χ4n) is 4.16. The molecule has 2 aromatic heterocycles. The highest BCUT2D eigenvalue weighted by atomic mass is 32.1. The van der Waals surface area contributed by atoms with Gasteiger partial charge in [0.05, 0.1) is 4.88 Å². The third kappa shape index (κ3) is 3.50. The van der Waals surface area contributed by atoms with E-state index < -0.39 is 0 Å². The van der Waals surface area contributed by atoms with E-state index in [1.807, 2.05) is 32.4 Å². The van der Waals surface area contributed by atoms with Crippen molar-refractivity contribution in [3.05, 3.63) is 58.6 Å². The number of amides is 1.